The Kier molecular flexibility index (Phi) is 6.03. The van der Waals surface area contributed by atoms with Crippen molar-refractivity contribution in [3.05, 3.63) is 12.2 Å². The number of nitrogens with one attached hydrogen (secondary N) is 1. The molecule has 2 saturated heterocycles. The van der Waals surface area contributed by atoms with Crippen LogP contribution in [0.4, 0.5) is 0 Å². The zero-order valence-electron chi connectivity index (χ0n) is 14.6. The molecule has 0 saturated carbocycles. The van der Waals surface area contributed by atoms with Gasteiger partial charge in [0.15, 0.2) is 5.96 Å². The van der Waals surface area contributed by atoms with Gasteiger partial charge in [-0.25, -0.2) is 0 Å². The van der Waals surface area contributed by atoms with Crippen molar-refractivity contribution in [1.29, 1.82) is 0 Å². The van der Waals surface area contributed by atoms with Crippen molar-refractivity contribution in [2.45, 2.75) is 44.9 Å². The molecule has 0 aliphatic carbocycles. The summed E-state index contributed by atoms with van der Waals surface area (Å²) in [5.74, 6) is 1.93. The van der Waals surface area contributed by atoms with Gasteiger partial charge in [-0.1, -0.05) is 6.92 Å². The summed E-state index contributed by atoms with van der Waals surface area (Å²) in [6, 6.07) is 0. The minimum absolute atomic E-state index is 0.143. The fourth-order valence-electron chi connectivity index (χ4n) is 3.35. The average molecular weight is 336 g/mol. The van der Waals surface area contributed by atoms with Crippen LogP contribution in [-0.2, 0) is 22.4 Å². The van der Waals surface area contributed by atoms with Gasteiger partial charge in [-0.05, 0) is 12.8 Å². The molecule has 3 rings (SSSR count). The van der Waals surface area contributed by atoms with Crippen molar-refractivity contribution >= 4 is 5.96 Å². The van der Waals surface area contributed by atoms with E-state index in [-0.39, 0.29) is 12.2 Å². The lowest BCUT2D eigenvalue weighted by Gasteiger charge is -2.37. The molecule has 0 bridgehead atoms. The fourth-order valence-corrected chi connectivity index (χ4v) is 3.35. The van der Waals surface area contributed by atoms with Crippen molar-refractivity contribution in [2.24, 2.45) is 4.99 Å². The minimum Gasteiger partial charge on any atom is -0.375 e. The third-order valence-electron chi connectivity index (χ3n) is 4.63. The van der Waals surface area contributed by atoms with E-state index in [4.69, 9.17) is 9.47 Å². The predicted octanol–water partition coefficient (Wildman–Crippen LogP) is 0.296. The summed E-state index contributed by atoms with van der Waals surface area (Å²) in [5, 5.41) is 11.5. The molecular formula is C16H28N6O2. The highest BCUT2D eigenvalue weighted by Crippen LogP contribution is 2.20. The van der Waals surface area contributed by atoms with Gasteiger partial charge in [0, 0.05) is 46.3 Å². The van der Waals surface area contributed by atoms with Crippen LogP contribution in [0.3, 0.4) is 0 Å². The highest BCUT2D eigenvalue weighted by atomic mass is 16.5. The maximum atomic E-state index is 5.91. The van der Waals surface area contributed by atoms with Gasteiger partial charge in [0.1, 0.15) is 18.3 Å². The Morgan fingerprint density at radius 1 is 1.38 bits per heavy atom. The number of aryl methyl sites for hydroxylation is 1. The van der Waals surface area contributed by atoms with Crippen molar-refractivity contribution in [1.82, 2.24) is 25.0 Å². The van der Waals surface area contributed by atoms with Crippen molar-refractivity contribution in [2.75, 3.05) is 39.9 Å². The summed E-state index contributed by atoms with van der Waals surface area (Å²) >= 11 is 0. The van der Waals surface area contributed by atoms with Crippen LogP contribution in [0, 0.1) is 0 Å². The van der Waals surface area contributed by atoms with Crippen LogP contribution < -0.4 is 5.32 Å². The summed E-state index contributed by atoms with van der Waals surface area (Å²) in [5.41, 5.74) is 0. The molecule has 134 valence electrons. The molecule has 2 aliphatic rings. The van der Waals surface area contributed by atoms with Crippen LogP contribution in [0.2, 0.25) is 0 Å². The molecule has 1 aromatic heterocycles. The molecule has 0 amide bonds. The lowest BCUT2D eigenvalue weighted by atomic mass is 10.1. The summed E-state index contributed by atoms with van der Waals surface area (Å²) in [6.45, 7) is 6.97. The third-order valence-corrected chi connectivity index (χ3v) is 4.63. The van der Waals surface area contributed by atoms with Gasteiger partial charge in [0.05, 0.1) is 12.7 Å². The number of aliphatic imine (C=N–C) groups is 1. The molecule has 1 aromatic rings. The van der Waals surface area contributed by atoms with Crippen LogP contribution in [0.15, 0.2) is 11.3 Å². The number of hydrogen-bond acceptors (Lipinski definition) is 5. The Morgan fingerprint density at radius 2 is 2.25 bits per heavy atom. The number of nitrogens with zero attached hydrogens (tertiary/aromatic N) is 5. The van der Waals surface area contributed by atoms with Crippen LogP contribution in [0.25, 0.3) is 0 Å². The van der Waals surface area contributed by atoms with E-state index in [1.54, 1.807) is 6.33 Å². The summed E-state index contributed by atoms with van der Waals surface area (Å²) in [7, 11) is 1.83. The molecule has 0 aromatic carbocycles. The van der Waals surface area contributed by atoms with Gasteiger partial charge >= 0.3 is 0 Å². The first-order valence-corrected chi connectivity index (χ1v) is 8.87. The molecule has 8 nitrogen and oxygen atoms in total. The van der Waals surface area contributed by atoms with Gasteiger partial charge in [-0.15, -0.1) is 10.2 Å². The number of ether oxygens (including phenoxy) is 2. The quantitative estimate of drug-likeness (QED) is 0.615. The summed E-state index contributed by atoms with van der Waals surface area (Å²) in [6.07, 6.45) is 5.28. The van der Waals surface area contributed by atoms with Gasteiger partial charge in [-0.2, -0.15) is 0 Å². The van der Waals surface area contributed by atoms with Gasteiger partial charge in [-0.3, -0.25) is 4.99 Å². The third kappa shape index (κ3) is 4.05. The van der Waals surface area contributed by atoms with E-state index in [2.05, 4.69) is 36.9 Å². The Bertz CT molecular complexity index is 540. The van der Waals surface area contributed by atoms with Crippen LogP contribution in [0.5, 0.6) is 0 Å². The van der Waals surface area contributed by atoms with Gasteiger partial charge in [0.2, 0.25) is 0 Å². The number of morpholine rings is 1. The first-order valence-electron chi connectivity index (χ1n) is 8.87. The molecule has 3 heterocycles. The predicted molar refractivity (Wildman–Crippen MR) is 91.0 cm³/mol. The largest absolute Gasteiger partial charge is 0.375 e. The van der Waals surface area contributed by atoms with Crippen molar-refractivity contribution in [3.8, 4) is 0 Å². The lowest BCUT2D eigenvalue weighted by Crippen LogP contribution is -2.53. The molecular weight excluding hydrogens is 308 g/mol. The summed E-state index contributed by atoms with van der Waals surface area (Å²) in [4.78, 5) is 6.70. The van der Waals surface area contributed by atoms with Crippen molar-refractivity contribution < 1.29 is 9.47 Å². The van der Waals surface area contributed by atoms with E-state index in [0.717, 1.165) is 70.4 Å². The first-order chi connectivity index (χ1) is 11.8. The minimum atomic E-state index is 0.143. The van der Waals surface area contributed by atoms with Crippen LogP contribution in [-0.4, -0.2) is 77.7 Å². The maximum Gasteiger partial charge on any atom is 0.193 e. The van der Waals surface area contributed by atoms with Gasteiger partial charge < -0.3 is 24.3 Å². The normalized spacial score (nSPS) is 25.2. The number of aromatic nitrogens is 3. The number of hydrogen-bond donors (Lipinski definition) is 1. The maximum absolute atomic E-state index is 5.91. The smallest absolute Gasteiger partial charge is 0.193 e. The molecule has 2 aliphatic heterocycles. The second kappa shape index (κ2) is 8.43. The molecule has 2 fully saturated rings. The van der Waals surface area contributed by atoms with E-state index < -0.39 is 0 Å². The fraction of sp³-hybridized carbons (Fsp3) is 0.812. The molecule has 0 radical (unpaired) electrons. The zero-order valence-corrected chi connectivity index (χ0v) is 14.6. The Labute approximate surface area is 143 Å². The second-order valence-electron chi connectivity index (χ2n) is 6.17. The molecule has 24 heavy (non-hydrogen) atoms. The number of rotatable bonds is 5. The molecule has 2 unspecified atom stereocenters. The van der Waals surface area contributed by atoms with Crippen LogP contribution in [0.1, 0.15) is 25.6 Å². The monoisotopic (exact) mass is 336 g/mol. The molecule has 1 N–H and O–H groups in total. The Balaban J connectivity index is 1.50. The molecule has 8 heteroatoms. The molecule has 2 atom stereocenters. The highest BCUT2D eigenvalue weighted by molar-refractivity contribution is 5.80. The van der Waals surface area contributed by atoms with Gasteiger partial charge in [0.25, 0.3) is 0 Å². The van der Waals surface area contributed by atoms with E-state index in [1.165, 1.54) is 0 Å². The zero-order chi connectivity index (χ0) is 16.8. The van der Waals surface area contributed by atoms with E-state index in [0.29, 0.717) is 0 Å². The van der Waals surface area contributed by atoms with Crippen LogP contribution >= 0.6 is 0 Å². The standard InChI is InChI=1S/C16H28N6O2/c1-3-15-20-19-12-22(15)7-6-18-16(17-2)21-8-10-24-14(11-21)13-5-4-9-23-13/h12-14H,3-11H2,1-2H3,(H,17,18). The number of guanidine groups is 1. The second-order valence-corrected chi connectivity index (χ2v) is 6.17. The topological polar surface area (TPSA) is 76.8 Å². The Hall–Kier alpha value is -1.67. The lowest BCUT2D eigenvalue weighted by molar-refractivity contribution is -0.0816. The van der Waals surface area contributed by atoms with E-state index in [9.17, 15) is 0 Å². The Morgan fingerprint density at radius 3 is 3.00 bits per heavy atom. The average Bonchev–Trinajstić information content (AvgIpc) is 3.30. The molecule has 0 spiro atoms. The first kappa shape index (κ1) is 17.2. The van der Waals surface area contributed by atoms with E-state index >= 15 is 0 Å². The van der Waals surface area contributed by atoms with Crippen molar-refractivity contribution in [3.63, 3.8) is 0 Å². The SMILES string of the molecule is CCc1nncn1CCNC(=NC)N1CCOC(C2CCCO2)C1. The summed E-state index contributed by atoms with van der Waals surface area (Å²) < 4.78 is 13.8. The highest BCUT2D eigenvalue weighted by Gasteiger charge is 2.32. The van der Waals surface area contributed by atoms with E-state index in [1.807, 2.05) is 7.05 Å².